The van der Waals surface area contributed by atoms with Gasteiger partial charge in [0.2, 0.25) is 5.78 Å². The van der Waals surface area contributed by atoms with Crippen LogP contribution in [0.5, 0.6) is 11.5 Å². The van der Waals surface area contributed by atoms with Gasteiger partial charge in [0.05, 0.1) is 14.2 Å². The quantitative estimate of drug-likeness (QED) is 0.479. The number of nitrogens with zero attached hydrogens (tertiary/aromatic N) is 1. The minimum atomic E-state index is -0.307. The average Bonchev–Trinajstić information content (AvgIpc) is 2.58. The maximum absolute atomic E-state index is 12.5. The molecule has 0 N–H and O–H groups in total. The van der Waals surface area contributed by atoms with Crippen molar-refractivity contribution in [2.75, 3.05) is 14.2 Å². The highest BCUT2D eigenvalue weighted by molar-refractivity contribution is 6.14. The number of ether oxygens (including phenoxy) is 2. The molecule has 0 aliphatic rings. The molecule has 4 heteroatoms. The third-order valence-electron chi connectivity index (χ3n) is 3.33. The fourth-order valence-electron chi connectivity index (χ4n) is 2.17. The van der Waals surface area contributed by atoms with E-state index >= 15 is 0 Å². The molecule has 0 spiro atoms. The number of carbonyl (C=O) groups excluding carboxylic acids is 1. The number of hydrogen-bond donors (Lipinski definition) is 0. The largest absolute Gasteiger partial charge is 0.497 e. The summed E-state index contributed by atoms with van der Waals surface area (Å²) in [6, 6.07) is 14.3. The Morgan fingerprint density at radius 3 is 2.26 bits per heavy atom. The van der Waals surface area contributed by atoms with E-state index < -0.39 is 0 Å². The van der Waals surface area contributed by atoms with Crippen LogP contribution in [0.25, 0.3) is 6.08 Å². The van der Waals surface area contributed by atoms with Crippen LogP contribution in [0.1, 0.15) is 21.5 Å². The molecule has 0 atom stereocenters. The van der Waals surface area contributed by atoms with E-state index in [-0.39, 0.29) is 11.4 Å². The third-order valence-corrected chi connectivity index (χ3v) is 3.33. The molecule has 2 rings (SSSR count). The number of ketones is 1. The summed E-state index contributed by atoms with van der Waals surface area (Å²) < 4.78 is 10.4. The molecule has 2 aromatic rings. The van der Waals surface area contributed by atoms with E-state index in [9.17, 15) is 10.1 Å². The van der Waals surface area contributed by atoms with Gasteiger partial charge in [-0.3, -0.25) is 4.79 Å². The van der Waals surface area contributed by atoms with Crippen molar-refractivity contribution in [3.05, 3.63) is 64.7 Å². The molecule has 0 amide bonds. The van der Waals surface area contributed by atoms with E-state index in [1.165, 1.54) is 6.08 Å². The van der Waals surface area contributed by atoms with Gasteiger partial charge in [-0.15, -0.1) is 0 Å². The zero-order valence-corrected chi connectivity index (χ0v) is 13.3. The van der Waals surface area contributed by atoms with Crippen molar-refractivity contribution < 1.29 is 14.3 Å². The van der Waals surface area contributed by atoms with Crippen LogP contribution in [-0.2, 0) is 0 Å². The first kappa shape index (κ1) is 16.3. The van der Waals surface area contributed by atoms with E-state index in [0.29, 0.717) is 22.6 Å². The Bertz CT molecular complexity index is 778. The van der Waals surface area contributed by atoms with Crippen molar-refractivity contribution in [1.82, 2.24) is 0 Å². The first-order valence-corrected chi connectivity index (χ1v) is 7.03. The molecule has 0 fully saturated rings. The topological polar surface area (TPSA) is 59.3 Å². The van der Waals surface area contributed by atoms with E-state index in [0.717, 1.165) is 5.56 Å². The highest BCUT2D eigenvalue weighted by atomic mass is 16.5. The first-order valence-electron chi connectivity index (χ1n) is 7.03. The maximum atomic E-state index is 12.5. The van der Waals surface area contributed by atoms with Gasteiger partial charge in [-0.2, -0.15) is 5.26 Å². The standard InChI is InChI=1S/C19H17NO3/c1-13-5-4-6-15(7-13)19(21)16(12-20)8-14-9-17(22-2)11-18(10-14)23-3/h4-11H,1-3H3/b16-8+. The Kier molecular flexibility index (Phi) is 5.16. The predicted octanol–water partition coefficient (Wildman–Crippen LogP) is 3.80. The second-order valence-corrected chi connectivity index (χ2v) is 5.01. The monoisotopic (exact) mass is 307 g/mol. The number of rotatable bonds is 5. The molecule has 0 saturated carbocycles. The van der Waals surface area contributed by atoms with Crippen LogP contribution >= 0.6 is 0 Å². The van der Waals surface area contributed by atoms with Gasteiger partial charge in [-0.05, 0) is 36.8 Å². The van der Waals surface area contributed by atoms with E-state index in [2.05, 4.69) is 0 Å². The Balaban J connectivity index is 2.43. The van der Waals surface area contributed by atoms with Gasteiger partial charge in [0.25, 0.3) is 0 Å². The van der Waals surface area contributed by atoms with Gasteiger partial charge in [0, 0.05) is 11.6 Å². The fraction of sp³-hybridized carbons (Fsp3) is 0.158. The molecule has 0 unspecified atom stereocenters. The zero-order valence-electron chi connectivity index (χ0n) is 13.3. The number of carbonyl (C=O) groups is 1. The van der Waals surface area contributed by atoms with Crippen LogP contribution in [0.4, 0.5) is 0 Å². The summed E-state index contributed by atoms with van der Waals surface area (Å²) in [5, 5.41) is 9.34. The smallest absolute Gasteiger partial charge is 0.203 e. The highest BCUT2D eigenvalue weighted by Gasteiger charge is 2.12. The van der Waals surface area contributed by atoms with Crippen molar-refractivity contribution >= 4 is 11.9 Å². The van der Waals surface area contributed by atoms with Gasteiger partial charge in [0.1, 0.15) is 23.1 Å². The lowest BCUT2D eigenvalue weighted by molar-refractivity contribution is 0.104. The van der Waals surface area contributed by atoms with E-state index in [4.69, 9.17) is 9.47 Å². The second-order valence-electron chi connectivity index (χ2n) is 5.01. The van der Waals surface area contributed by atoms with E-state index in [1.54, 1.807) is 50.6 Å². The molecule has 0 radical (unpaired) electrons. The van der Waals surface area contributed by atoms with Crippen LogP contribution in [0.3, 0.4) is 0 Å². The van der Waals surface area contributed by atoms with Crippen molar-refractivity contribution in [2.24, 2.45) is 0 Å². The second kappa shape index (κ2) is 7.28. The van der Waals surface area contributed by atoms with Gasteiger partial charge in [0.15, 0.2) is 0 Å². The van der Waals surface area contributed by atoms with Gasteiger partial charge < -0.3 is 9.47 Å². The molecule has 0 aliphatic heterocycles. The lowest BCUT2D eigenvalue weighted by Crippen LogP contribution is -2.02. The van der Waals surface area contributed by atoms with Gasteiger partial charge >= 0.3 is 0 Å². The van der Waals surface area contributed by atoms with Crippen molar-refractivity contribution in [1.29, 1.82) is 5.26 Å². The lowest BCUT2D eigenvalue weighted by atomic mass is 10.0. The van der Waals surface area contributed by atoms with Crippen molar-refractivity contribution in [3.63, 3.8) is 0 Å². The molecule has 0 aromatic heterocycles. The molecule has 0 bridgehead atoms. The molecule has 4 nitrogen and oxygen atoms in total. The molecule has 23 heavy (non-hydrogen) atoms. The normalized spacial score (nSPS) is 10.8. The van der Waals surface area contributed by atoms with Crippen LogP contribution in [-0.4, -0.2) is 20.0 Å². The number of benzene rings is 2. The number of hydrogen-bond acceptors (Lipinski definition) is 4. The first-order chi connectivity index (χ1) is 11.1. The number of Topliss-reactive ketones (excluding diaryl/α,β-unsaturated/α-hetero) is 1. The third kappa shape index (κ3) is 3.98. The van der Waals surface area contributed by atoms with Crippen molar-refractivity contribution in [2.45, 2.75) is 6.92 Å². The fourth-order valence-corrected chi connectivity index (χ4v) is 2.17. The Labute approximate surface area is 135 Å². The lowest BCUT2D eigenvalue weighted by Gasteiger charge is -2.06. The maximum Gasteiger partial charge on any atom is 0.203 e. The summed E-state index contributed by atoms with van der Waals surface area (Å²) >= 11 is 0. The van der Waals surface area contributed by atoms with Crippen molar-refractivity contribution in [3.8, 4) is 17.6 Å². The molecular weight excluding hydrogens is 290 g/mol. The van der Waals surface area contributed by atoms with Gasteiger partial charge in [-0.25, -0.2) is 0 Å². The Morgan fingerprint density at radius 2 is 1.74 bits per heavy atom. The molecule has 0 aliphatic carbocycles. The van der Waals surface area contributed by atoms with Gasteiger partial charge in [-0.1, -0.05) is 23.8 Å². The Morgan fingerprint density at radius 1 is 1.09 bits per heavy atom. The Hall–Kier alpha value is -3.06. The molecule has 0 heterocycles. The van der Waals surface area contributed by atoms with E-state index in [1.807, 2.05) is 19.1 Å². The predicted molar refractivity (Wildman–Crippen MR) is 88.6 cm³/mol. The summed E-state index contributed by atoms with van der Waals surface area (Å²) in [6.07, 6.45) is 1.54. The number of aryl methyl sites for hydroxylation is 1. The summed E-state index contributed by atoms with van der Waals surface area (Å²) in [4.78, 5) is 12.5. The average molecular weight is 307 g/mol. The molecule has 2 aromatic carbocycles. The summed E-state index contributed by atoms with van der Waals surface area (Å²) in [5.41, 5.74) is 2.19. The van der Waals surface area contributed by atoms with Crippen LogP contribution in [0.2, 0.25) is 0 Å². The molecule has 0 saturated heterocycles. The minimum Gasteiger partial charge on any atom is -0.497 e. The summed E-state index contributed by atoms with van der Waals surface area (Å²) in [5.74, 6) is 0.879. The zero-order chi connectivity index (χ0) is 16.8. The number of nitriles is 1. The summed E-state index contributed by atoms with van der Waals surface area (Å²) in [6.45, 7) is 1.90. The molecule has 116 valence electrons. The highest BCUT2D eigenvalue weighted by Crippen LogP contribution is 2.24. The van der Waals surface area contributed by atoms with Crippen LogP contribution in [0, 0.1) is 18.3 Å². The minimum absolute atomic E-state index is 0.0610. The SMILES string of the molecule is COc1cc(/C=C(\C#N)C(=O)c2cccc(C)c2)cc(OC)c1. The number of methoxy groups -OCH3 is 2. The van der Waals surface area contributed by atoms with Crippen LogP contribution < -0.4 is 9.47 Å². The van der Waals surface area contributed by atoms with Crippen LogP contribution in [0.15, 0.2) is 48.0 Å². The number of allylic oxidation sites excluding steroid dienone is 1. The molecular formula is C19H17NO3. The summed E-state index contributed by atoms with van der Waals surface area (Å²) in [7, 11) is 3.09.